The molecule has 25 heavy (non-hydrogen) atoms. The summed E-state index contributed by atoms with van der Waals surface area (Å²) in [6.07, 6.45) is 1.87. The highest BCUT2D eigenvalue weighted by molar-refractivity contribution is 7.21. The molecular weight excluding hydrogens is 334 g/mol. The van der Waals surface area contributed by atoms with Crippen LogP contribution in [0.15, 0.2) is 36.5 Å². The van der Waals surface area contributed by atoms with Gasteiger partial charge in [-0.1, -0.05) is 0 Å². The largest absolute Gasteiger partial charge is 0.497 e. The number of rotatable bonds is 5. The Morgan fingerprint density at radius 1 is 1.28 bits per heavy atom. The summed E-state index contributed by atoms with van der Waals surface area (Å²) >= 11 is 1.71. The first-order valence-corrected chi connectivity index (χ1v) is 8.89. The highest BCUT2D eigenvalue weighted by Gasteiger charge is 2.15. The molecule has 4 rings (SSSR count). The van der Waals surface area contributed by atoms with E-state index in [1.807, 2.05) is 18.3 Å². The number of hydrogen-bond acceptors (Lipinski definition) is 6. The van der Waals surface area contributed by atoms with E-state index in [0.29, 0.717) is 13.1 Å². The van der Waals surface area contributed by atoms with E-state index in [4.69, 9.17) is 15.5 Å². The molecular formula is C18H19N5OS. The van der Waals surface area contributed by atoms with Gasteiger partial charge in [0.2, 0.25) is 0 Å². The van der Waals surface area contributed by atoms with E-state index in [1.54, 1.807) is 18.4 Å². The quantitative estimate of drug-likeness (QED) is 0.576. The number of methoxy groups -OCH3 is 1. The van der Waals surface area contributed by atoms with Crippen molar-refractivity contribution in [2.24, 2.45) is 5.73 Å². The minimum absolute atomic E-state index is 0.548. The average molecular weight is 353 g/mol. The van der Waals surface area contributed by atoms with Gasteiger partial charge in [0.15, 0.2) is 11.5 Å². The molecule has 0 spiro atoms. The van der Waals surface area contributed by atoms with Crippen molar-refractivity contribution >= 4 is 33.1 Å². The van der Waals surface area contributed by atoms with E-state index in [-0.39, 0.29) is 0 Å². The van der Waals surface area contributed by atoms with Crippen LogP contribution in [-0.4, -0.2) is 34.6 Å². The summed E-state index contributed by atoms with van der Waals surface area (Å²) in [6.45, 7) is 3.26. The first-order chi connectivity index (χ1) is 12.2. The second-order valence-electron chi connectivity index (χ2n) is 5.76. The number of hydrogen-bond donors (Lipinski definition) is 2. The first kappa shape index (κ1) is 15.9. The molecule has 0 saturated carbocycles. The number of imidazole rings is 1. The molecule has 1 aromatic carbocycles. The van der Waals surface area contributed by atoms with Crippen LogP contribution in [0.5, 0.6) is 5.75 Å². The zero-order valence-corrected chi connectivity index (χ0v) is 14.9. The summed E-state index contributed by atoms with van der Waals surface area (Å²) in [4.78, 5) is 11.5. The first-order valence-electron chi connectivity index (χ1n) is 8.07. The standard InChI is InChI=1S/C18H19N5OS/c1-11-10-21-17-16(20-8-7-19)22-14-9-15(25-18(14)23(11)17)12-3-5-13(24-2)6-4-12/h3-6,9-10H,7-8,19H2,1-2H3,(H,20,22). The lowest BCUT2D eigenvalue weighted by atomic mass is 10.2. The van der Waals surface area contributed by atoms with Crippen molar-refractivity contribution < 1.29 is 4.74 Å². The second-order valence-corrected chi connectivity index (χ2v) is 6.79. The Balaban J connectivity index is 1.89. The van der Waals surface area contributed by atoms with Crippen LogP contribution in [-0.2, 0) is 0 Å². The minimum atomic E-state index is 0.548. The second kappa shape index (κ2) is 6.34. The summed E-state index contributed by atoms with van der Waals surface area (Å²) in [5, 5.41) is 3.28. The lowest BCUT2D eigenvalue weighted by molar-refractivity contribution is 0.415. The third kappa shape index (κ3) is 2.71. The van der Waals surface area contributed by atoms with E-state index >= 15 is 0 Å². The predicted octanol–water partition coefficient (Wildman–Crippen LogP) is 3.30. The Bertz CT molecular complexity index is 1040. The Morgan fingerprint density at radius 3 is 2.80 bits per heavy atom. The number of nitrogens with zero attached hydrogens (tertiary/aromatic N) is 3. The molecule has 0 fully saturated rings. The number of aromatic nitrogens is 3. The van der Waals surface area contributed by atoms with Crippen molar-refractivity contribution in [3.63, 3.8) is 0 Å². The molecule has 7 heteroatoms. The number of anilines is 1. The van der Waals surface area contributed by atoms with E-state index in [2.05, 4.69) is 39.8 Å². The maximum Gasteiger partial charge on any atom is 0.181 e. The number of benzene rings is 1. The van der Waals surface area contributed by atoms with Crippen molar-refractivity contribution in [1.29, 1.82) is 0 Å². The van der Waals surface area contributed by atoms with Crippen LogP contribution < -0.4 is 15.8 Å². The van der Waals surface area contributed by atoms with Gasteiger partial charge >= 0.3 is 0 Å². The van der Waals surface area contributed by atoms with Crippen molar-refractivity contribution in [3.05, 3.63) is 42.2 Å². The Hall–Kier alpha value is -2.64. The maximum atomic E-state index is 5.62. The van der Waals surface area contributed by atoms with Gasteiger partial charge in [-0.15, -0.1) is 11.3 Å². The van der Waals surface area contributed by atoms with Crippen molar-refractivity contribution in [2.45, 2.75) is 6.92 Å². The summed E-state index contributed by atoms with van der Waals surface area (Å²) in [6, 6.07) is 10.2. The van der Waals surface area contributed by atoms with Crippen LogP contribution in [0, 0.1) is 6.92 Å². The predicted molar refractivity (Wildman–Crippen MR) is 103 cm³/mol. The van der Waals surface area contributed by atoms with Crippen molar-refractivity contribution in [2.75, 3.05) is 25.5 Å². The average Bonchev–Trinajstić information content (AvgIpc) is 3.23. The minimum Gasteiger partial charge on any atom is -0.497 e. The third-order valence-electron chi connectivity index (χ3n) is 4.09. The van der Waals surface area contributed by atoms with Gasteiger partial charge in [0.1, 0.15) is 16.1 Å². The van der Waals surface area contributed by atoms with Gasteiger partial charge in [0, 0.05) is 29.9 Å². The normalized spacial score (nSPS) is 11.3. The van der Waals surface area contributed by atoms with Gasteiger partial charge in [-0.05, 0) is 42.8 Å². The molecule has 3 N–H and O–H groups in total. The molecule has 4 aromatic rings. The van der Waals surface area contributed by atoms with Crippen LogP contribution in [0.3, 0.4) is 0 Å². The summed E-state index contributed by atoms with van der Waals surface area (Å²) in [5.41, 5.74) is 9.63. The van der Waals surface area contributed by atoms with E-state index in [9.17, 15) is 0 Å². The highest BCUT2D eigenvalue weighted by Crippen LogP contribution is 2.35. The fourth-order valence-electron chi connectivity index (χ4n) is 2.85. The zero-order valence-electron chi connectivity index (χ0n) is 14.1. The lowest BCUT2D eigenvalue weighted by Crippen LogP contribution is -2.14. The highest BCUT2D eigenvalue weighted by atomic mass is 32.1. The monoisotopic (exact) mass is 353 g/mol. The summed E-state index contributed by atoms with van der Waals surface area (Å²) in [5.74, 6) is 1.62. The van der Waals surface area contributed by atoms with E-state index in [0.717, 1.165) is 43.7 Å². The van der Waals surface area contributed by atoms with Crippen LogP contribution in [0.2, 0.25) is 0 Å². The number of fused-ring (bicyclic) bond motifs is 3. The molecule has 0 saturated heterocycles. The lowest BCUT2D eigenvalue weighted by Gasteiger charge is -2.07. The number of thiophene rings is 1. The van der Waals surface area contributed by atoms with Gasteiger partial charge in [-0.25, -0.2) is 9.97 Å². The van der Waals surface area contributed by atoms with Crippen molar-refractivity contribution in [3.8, 4) is 16.2 Å². The Labute approximate surface area is 149 Å². The molecule has 0 aliphatic carbocycles. The van der Waals surface area contributed by atoms with E-state index < -0.39 is 0 Å². The fraction of sp³-hybridized carbons (Fsp3) is 0.222. The van der Waals surface area contributed by atoms with Gasteiger partial charge in [-0.2, -0.15) is 0 Å². The number of nitrogens with one attached hydrogen (secondary N) is 1. The van der Waals surface area contributed by atoms with Gasteiger partial charge in [0.25, 0.3) is 0 Å². The Morgan fingerprint density at radius 2 is 2.08 bits per heavy atom. The molecule has 0 amide bonds. The SMILES string of the molecule is COc1ccc(-c2cc3nc(NCCN)c4ncc(C)n4c3s2)cc1. The third-order valence-corrected chi connectivity index (χ3v) is 5.25. The van der Waals surface area contributed by atoms with Gasteiger partial charge in [0.05, 0.1) is 7.11 Å². The smallest absolute Gasteiger partial charge is 0.181 e. The van der Waals surface area contributed by atoms with Crippen LogP contribution in [0.25, 0.3) is 26.4 Å². The molecule has 0 unspecified atom stereocenters. The van der Waals surface area contributed by atoms with E-state index in [1.165, 1.54) is 0 Å². The zero-order chi connectivity index (χ0) is 17.4. The number of nitrogens with two attached hydrogens (primary N) is 1. The van der Waals surface area contributed by atoms with Gasteiger partial charge < -0.3 is 15.8 Å². The number of aryl methyl sites for hydroxylation is 1. The summed E-state index contributed by atoms with van der Waals surface area (Å²) < 4.78 is 7.39. The number of ether oxygens (including phenoxy) is 1. The maximum absolute atomic E-state index is 5.62. The molecule has 128 valence electrons. The molecule has 0 aliphatic rings. The van der Waals surface area contributed by atoms with Crippen LogP contribution in [0.1, 0.15) is 5.69 Å². The van der Waals surface area contributed by atoms with Crippen molar-refractivity contribution in [1.82, 2.24) is 14.4 Å². The molecule has 3 heterocycles. The Kier molecular flexibility index (Phi) is 4.03. The molecule has 0 radical (unpaired) electrons. The molecule has 0 bridgehead atoms. The van der Waals surface area contributed by atoms with Crippen LogP contribution >= 0.6 is 11.3 Å². The molecule has 0 atom stereocenters. The van der Waals surface area contributed by atoms with Crippen LogP contribution in [0.4, 0.5) is 5.82 Å². The summed E-state index contributed by atoms with van der Waals surface area (Å²) in [7, 11) is 1.67. The topological polar surface area (TPSA) is 77.5 Å². The van der Waals surface area contributed by atoms with Gasteiger partial charge in [-0.3, -0.25) is 4.40 Å². The molecule has 0 aliphatic heterocycles. The molecule has 6 nitrogen and oxygen atoms in total. The molecule has 3 aromatic heterocycles. The fourth-order valence-corrected chi connectivity index (χ4v) is 4.01.